The first-order valence-electron chi connectivity index (χ1n) is 9.74. The average Bonchev–Trinajstić information content (AvgIpc) is 3.34. The smallest absolute Gasteiger partial charge is 0.232 e. The summed E-state index contributed by atoms with van der Waals surface area (Å²) >= 11 is 2.86. The van der Waals surface area contributed by atoms with Crippen LogP contribution < -0.4 is 10.6 Å². The number of nitrogens with zero attached hydrogens (tertiary/aromatic N) is 5. The monoisotopic (exact) mass is 443 g/mol. The molecule has 0 bridgehead atoms. The molecule has 11 heteroatoms. The Morgan fingerprint density at radius 1 is 1.03 bits per heavy atom. The fourth-order valence-electron chi connectivity index (χ4n) is 3.23. The van der Waals surface area contributed by atoms with Crippen LogP contribution in [-0.4, -0.2) is 37.2 Å². The zero-order valence-electron chi connectivity index (χ0n) is 16.4. The molecule has 2 N–H and O–H groups in total. The molecule has 1 aliphatic rings. The number of amides is 2. The van der Waals surface area contributed by atoms with Gasteiger partial charge in [-0.1, -0.05) is 35.7 Å². The van der Waals surface area contributed by atoms with E-state index >= 15 is 0 Å². The van der Waals surface area contributed by atoms with Gasteiger partial charge in [0.25, 0.3) is 0 Å². The summed E-state index contributed by atoms with van der Waals surface area (Å²) in [6.07, 6.45) is 5.16. The molecule has 30 heavy (non-hydrogen) atoms. The average molecular weight is 444 g/mol. The van der Waals surface area contributed by atoms with Crippen LogP contribution in [-0.2, 0) is 22.4 Å². The van der Waals surface area contributed by atoms with Gasteiger partial charge in [-0.2, -0.15) is 0 Å². The molecule has 3 aromatic heterocycles. The first kappa shape index (κ1) is 20.5. The molecule has 1 aliphatic carbocycles. The summed E-state index contributed by atoms with van der Waals surface area (Å²) in [5.41, 5.74) is 0.717. The molecular weight excluding hydrogens is 422 g/mol. The lowest BCUT2D eigenvalue weighted by atomic mass is 9.74. The lowest BCUT2D eigenvalue weighted by Gasteiger charge is -2.32. The highest BCUT2D eigenvalue weighted by molar-refractivity contribution is 7.15. The normalized spacial score (nSPS) is 17.9. The van der Waals surface area contributed by atoms with Crippen molar-refractivity contribution in [2.45, 2.75) is 44.9 Å². The molecule has 4 rings (SSSR count). The molecule has 9 nitrogen and oxygen atoms in total. The number of nitrogens with one attached hydrogen (secondary N) is 2. The van der Waals surface area contributed by atoms with E-state index in [1.807, 2.05) is 18.2 Å². The Morgan fingerprint density at radius 2 is 1.80 bits per heavy atom. The molecule has 0 aliphatic heterocycles. The molecule has 3 aromatic rings. The molecular formula is C19H21N7O2S2. The van der Waals surface area contributed by atoms with Gasteiger partial charge in [-0.25, -0.2) is 0 Å². The van der Waals surface area contributed by atoms with Crippen molar-refractivity contribution >= 4 is 44.8 Å². The standard InChI is InChI=1S/C19H21N7O2S2/c1-2-14(27)21-19-26-24-17(30-19)12-7-11(8-12)9-16-23-25-18(29-16)22-15(28)10-13-5-3-4-6-20-13/h3-6,11-12H,2,7-10H2,1H3,(H,21,26,27)(H,22,25,28). The Labute approximate surface area is 181 Å². The molecule has 0 atom stereocenters. The fraction of sp³-hybridized carbons (Fsp3) is 0.421. The topological polar surface area (TPSA) is 123 Å². The molecule has 0 saturated heterocycles. The Bertz CT molecular complexity index is 1010. The van der Waals surface area contributed by atoms with Crippen LogP contribution in [0.4, 0.5) is 10.3 Å². The van der Waals surface area contributed by atoms with Crippen molar-refractivity contribution in [3.8, 4) is 0 Å². The van der Waals surface area contributed by atoms with Gasteiger partial charge >= 0.3 is 0 Å². The second kappa shape index (κ2) is 9.35. The van der Waals surface area contributed by atoms with E-state index in [-0.39, 0.29) is 18.2 Å². The van der Waals surface area contributed by atoms with E-state index in [4.69, 9.17) is 0 Å². The number of hydrogen-bond acceptors (Lipinski definition) is 9. The minimum Gasteiger partial charge on any atom is -0.301 e. The maximum absolute atomic E-state index is 12.1. The van der Waals surface area contributed by atoms with Crippen molar-refractivity contribution in [2.75, 3.05) is 10.6 Å². The van der Waals surface area contributed by atoms with Gasteiger partial charge in [0.1, 0.15) is 10.0 Å². The Morgan fingerprint density at radius 3 is 2.57 bits per heavy atom. The largest absolute Gasteiger partial charge is 0.301 e. The van der Waals surface area contributed by atoms with E-state index in [2.05, 4.69) is 36.0 Å². The summed E-state index contributed by atoms with van der Waals surface area (Å²) in [6.45, 7) is 1.80. The third-order valence-corrected chi connectivity index (χ3v) is 6.70. The van der Waals surface area contributed by atoms with E-state index in [1.54, 1.807) is 13.1 Å². The second-order valence-corrected chi connectivity index (χ2v) is 9.20. The molecule has 0 unspecified atom stereocenters. The Kier molecular flexibility index (Phi) is 6.38. The zero-order chi connectivity index (χ0) is 20.9. The molecule has 0 aromatic carbocycles. The molecule has 3 heterocycles. The number of pyridine rings is 1. The molecule has 0 spiro atoms. The minimum absolute atomic E-state index is 0.0524. The van der Waals surface area contributed by atoms with Crippen molar-refractivity contribution in [3.05, 3.63) is 40.1 Å². The zero-order valence-corrected chi connectivity index (χ0v) is 18.0. The highest BCUT2D eigenvalue weighted by Crippen LogP contribution is 2.44. The number of aromatic nitrogens is 5. The minimum atomic E-state index is -0.151. The highest BCUT2D eigenvalue weighted by Gasteiger charge is 2.33. The van der Waals surface area contributed by atoms with Crippen LogP contribution in [0.15, 0.2) is 24.4 Å². The summed E-state index contributed by atoms with van der Waals surface area (Å²) in [7, 11) is 0. The maximum atomic E-state index is 12.1. The number of carbonyl (C=O) groups is 2. The fourth-order valence-corrected chi connectivity index (χ4v) is 4.98. The van der Waals surface area contributed by atoms with Gasteiger partial charge in [0, 0.05) is 30.7 Å². The molecule has 0 radical (unpaired) electrons. The molecule has 1 saturated carbocycles. The number of rotatable bonds is 8. The van der Waals surface area contributed by atoms with Gasteiger partial charge in [-0.05, 0) is 30.9 Å². The van der Waals surface area contributed by atoms with Crippen molar-refractivity contribution < 1.29 is 9.59 Å². The number of hydrogen-bond donors (Lipinski definition) is 2. The summed E-state index contributed by atoms with van der Waals surface area (Å²) in [5.74, 6) is 0.688. The van der Waals surface area contributed by atoms with Crippen LogP contribution >= 0.6 is 22.7 Å². The van der Waals surface area contributed by atoms with Crippen LogP contribution in [0, 0.1) is 5.92 Å². The van der Waals surface area contributed by atoms with Crippen molar-refractivity contribution in [1.29, 1.82) is 0 Å². The summed E-state index contributed by atoms with van der Waals surface area (Å²) < 4.78 is 0. The van der Waals surface area contributed by atoms with Gasteiger partial charge < -0.3 is 10.6 Å². The van der Waals surface area contributed by atoms with Gasteiger partial charge in [-0.3, -0.25) is 14.6 Å². The van der Waals surface area contributed by atoms with Crippen molar-refractivity contribution in [3.63, 3.8) is 0 Å². The Hall–Kier alpha value is -2.79. The number of carbonyl (C=O) groups excluding carboxylic acids is 2. The van der Waals surface area contributed by atoms with Crippen LogP contribution in [0.2, 0.25) is 0 Å². The number of anilines is 2. The maximum Gasteiger partial charge on any atom is 0.232 e. The van der Waals surface area contributed by atoms with Gasteiger partial charge in [0.05, 0.1) is 6.42 Å². The van der Waals surface area contributed by atoms with E-state index in [0.29, 0.717) is 34.2 Å². The first-order chi connectivity index (χ1) is 14.6. The predicted molar refractivity (Wildman–Crippen MR) is 114 cm³/mol. The van der Waals surface area contributed by atoms with E-state index in [0.717, 1.165) is 29.3 Å². The molecule has 1 fully saturated rings. The lowest BCUT2D eigenvalue weighted by Crippen LogP contribution is -2.23. The molecule has 156 valence electrons. The lowest BCUT2D eigenvalue weighted by molar-refractivity contribution is -0.116. The predicted octanol–water partition coefficient (Wildman–Crippen LogP) is 3.05. The van der Waals surface area contributed by atoms with E-state index in [1.165, 1.54) is 22.7 Å². The van der Waals surface area contributed by atoms with E-state index < -0.39 is 0 Å². The van der Waals surface area contributed by atoms with Gasteiger partial charge in [-0.15, -0.1) is 20.4 Å². The van der Waals surface area contributed by atoms with Gasteiger partial charge in [0.15, 0.2) is 0 Å². The van der Waals surface area contributed by atoms with Crippen LogP contribution in [0.1, 0.15) is 47.8 Å². The van der Waals surface area contributed by atoms with Crippen LogP contribution in [0.25, 0.3) is 0 Å². The quantitative estimate of drug-likeness (QED) is 0.548. The third kappa shape index (κ3) is 5.22. The highest BCUT2D eigenvalue weighted by atomic mass is 32.1. The van der Waals surface area contributed by atoms with Crippen molar-refractivity contribution in [1.82, 2.24) is 25.4 Å². The van der Waals surface area contributed by atoms with Crippen LogP contribution in [0.3, 0.4) is 0 Å². The Balaban J connectivity index is 1.23. The summed E-state index contributed by atoms with van der Waals surface area (Å²) in [5, 5.41) is 25.1. The second-order valence-electron chi connectivity index (χ2n) is 7.13. The third-order valence-electron chi connectivity index (χ3n) is 4.84. The first-order valence-corrected chi connectivity index (χ1v) is 11.4. The summed E-state index contributed by atoms with van der Waals surface area (Å²) in [4.78, 5) is 27.7. The van der Waals surface area contributed by atoms with Crippen molar-refractivity contribution in [2.24, 2.45) is 5.92 Å². The SMILES string of the molecule is CCC(=O)Nc1nnc(C2CC(Cc3nnc(NC(=O)Cc4ccccn4)s3)C2)s1. The van der Waals surface area contributed by atoms with Crippen LogP contribution in [0.5, 0.6) is 0 Å². The van der Waals surface area contributed by atoms with Gasteiger partial charge in [0.2, 0.25) is 22.1 Å². The molecule has 2 amide bonds. The summed E-state index contributed by atoms with van der Waals surface area (Å²) in [6, 6.07) is 5.49. The van der Waals surface area contributed by atoms with E-state index in [9.17, 15) is 9.59 Å².